The molecule has 1 nitrogen and oxygen atoms in total. The van der Waals surface area contributed by atoms with Crippen LogP contribution >= 0.6 is 11.6 Å². The number of nitrogens with two attached hydrogens (primary N) is 1. The van der Waals surface area contributed by atoms with E-state index in [-0.39, 0.29) is 5.82 Å². The minimum Gasteiger partial charge on any atom is -0.321 e. The molecule has 0 radical (unpaired) electrons. The lowest BCUT2D eigenvalue weighted by atomic mass is 9.88. The van der Waals surface area contributed by atoms with Crippen molar-refractivity contribution in [2.45, 2.75) is 38.1 Å². The van der Waals surface area contributed by atoms with Crippen molar-refractivity contribution in [3.05, 3.63) is 34.6 Å². The van der Waals surface area contributed by atoms with Crippen LogP contribution in [0.5, 0.6) is 0 Å². The van der Waals surface area contributed by atoms with E-state index in [1.807, 2.05) is 0 Å². The molecule has 1 aliphatic carbocycles. The Morgan fingerprint density at radius 1 is 1.56 bits per heavy atom. The third-order valence-electron chi connectivity index (χ3n) is 3.69. The predicted molar refractivity (Wildman–Crippen MR) is 64.9 cm³/mol. The van der Waals surface area contributed by atoms with E-state index in [4.69, 9.17) is 17.3 Å². The van der Waals surface area contributed by atoms with Gasteiger partial charge in [0.05, 0.1) is 0 Å². The Balaban J connectivity index is 2.33. The van der Waals surface area contributed by atoms with E-state index in [0.29, 0.717) is 10.9 Å². The molecule has 0 aromatic heterocycles. The lowest BCUT2D eigenvalue weighted by molar-refractivity contribution is 0.422. The second-order valence-corrected chi connectivity index (χ2v) is 5.20. The molecule has 2 N–H and O–H groups in total. The van der Waals surface area contributed by atoms with Crippen molar-refractivity contribution in [1.29, 1.82) is 0 Å². The number of hydrogen-bond donors (Lipinski definition) is 1. The van der Waals surface area contributed by atoms with Gasteiger partial charge >= 0.3 is 0 Å². The van der Waals surface area contributed by atoms with Crippen molar-refractivity contribution >= 4 is 11.6 Å². The van der Waals surface area contributed by atoms with Gasteiger partial charge in [-0.25, -0.2) is 4.39 Å². The molecule has 0 bridgehead atoms. The van der Waals surface area contributed by atoms with Crippen LogP contribution in [0.15, 0.2) is 18.2 Å². The maximum atomic E-state index is 13.2. The van der Waals surface area contributed by atoms with Gasteiger partial charge in [0.1, 0.15) is 5.82 Å². The van der Waals surface area contributed by atoms with E-state index in [0.717, 1.165) is 31.2 Å². The van der Waals surface area contributed by atoms with Crippen LogP contribution in [0.25, 0.3) is 0 Å². The number of rotatable bonds is 2. The molecule has 1 saturated carbocycles. The predicted octanol–water partition coefficient (Wildman–Crippen LogP) is 3.84. The fourth-order valence-electron chi connectivity index (χ4n) is 2.65. The molecule has 2 atom stereocenters. The molecule has 16 heavy (non-hydrogen) atoms. The van der Waals surface area contributed by atoms with Crippen LogP contribution in [-0.4, -0.2) is 0 Å². The molecule has 0 heterocycles. The molecule has 88 valence electrons. The Morgan fingerprint density at radius 2 is 2.31 bits per heavy atom. The molecule has 1 aromatic carbocycles. The lowest BCUT2D eigenvalue weighted by Crippen LogP contribution is -2.34. The average Bonchev–Trinajstić information content (AvgIpc) is 2.65. The lowest BCUT2D eigenvalue weighted by Gasteiger charge is -2.26. The summed E-state index contributed by atoms with van der Waals surface area (Å²) >= 11 is 6.11. The Labute approximate surface area is 101 Å². The van der Waals surface area contributed by atoms with E-state index in [1.165, 1.54) is 12.1 Å². The van der Waals surface area contributed by atoms with Crippen LogP contribution in [0, 0.1) is 11.7 Å². The van der Waals surface area contributed by atoms with Crippen LogP contribution in [0.1, 0.15) is 38.2 Å². The summed E-state index contributed by atoms with van der Waals surface area (Å²) in [5, 5.41) is 0.584. The molecule has 3 heteroatoms. The van der Waals surface area contributed by atoms with Crippen molar-refractivity contribution in [1.82, 2.24) is 0 Å². The van der Waals surface area contributed by atoms with E-state index >= 15 is 0 Å². The maximum absolute atomic E-state index is 13.2. The molecular formula is C13H17ClFN. The Morgan fingerprint density at radius 3 is 2.94 bits per heavy atom. The van der Waals surface area contributed by atoms with Crippen LogP contribution in [-0.2, 0) is 5.54 Å². The fourth-order valence-corrected chi connectivity index (χ4v) is 2.96. The maximum Gasteiger partial charge on any atom is 0.123 e. The van der Waals surface area contributed by atoms with Crippen LogP contribution in [0.3, 0.4) is 0 Å². The summed E-state index contributed by atoms with van der Waals surface area (Å²) in [5.41, 5.74) is 6.70. The summed E-state index contributed by atoms with van der Waals surface area (Å²) in [4.78, 5) is 0. The molecule has 0 amide bonds. The van der Waals surface area contributed by atoms with Gasteiger partial charge in [-0.05, 0) is 48.9 Å². The largest absolute Gasteiger partial charge is 0.321 e. The minimum absolute atomic E-state index is 0.260. The summed E-state index contributed by atoms with van der Waals surface area (Å²) in [7, 11) is 0. The van der Waals surface area contributed by atoms with Crippen molar-refractivity contribution in [3.63, 3.8) is 0 Å². The zero-order valence-electron chi connectivity index (χ0n) is 9.47. The van der Waals surface area contributed by atoms with Gasteiger partial charge in [-0.2, -0.15) is 0 Å². The van der Waals surface area contributed by atoms with Crippen LogP contribution in [0.2, 0.25) is 5.02 Å². The van der Waals surface area contributed by atoms with Crippen LogP contribution < -0.4 is 5.73 Å². The zero-order chi connectivity index (χ0) is 11.8. The van der Waals surface area contributed by atoms with Gasteiger partial charge in [0.15, 0.2) is 0 Å². The third kappa shape index (κ3) is 2.09. The first-order valence-electron chi connectivity index (χ1n) is 5.79. The van der Waals surface area contributed by atoms with E-state index in [2.05, 4.69) is 6.92 Å². The van der Waals surface area contributed by atoms with Gasteiger partial charge in [-0.3, -0.25) is 0 Å². The highest BCUT2D eigenvalue weighted by atomic mass is 35.5. The highest BCUT2D eigenvalue weighted by Crippen LogP contribution is 2.43. The van der Waals surface area contributed by atoms with Gasteiger partial charge < -0.3 is 5.73 Å². The summed E-state index contributed by atoms with van der Waals surface area (Å²) in [6.07, 6.45) is 4.05. The standard InChI is InChI=1S/C13H17ClFN/c1-2-9-5-6-13(16,8-9)11-7-10(15)3-4-12(11)14/h3-4,7,9H,2,5-6,8,16H2,1H3. The summed E-state index contributed by atoms with van der Waals surface area (Å²) < 4.78 is 13.2. The van der Waals surface area contributed by atoms with Crippen molar-refractivity contribution < 1.29 is 4.39 Å². The van der Waals surface area contributed by atoms with Crippen LogP contribution in [0.4, 0.5) is 4.39 Å². The summed E-state index contributed by atoms with van der Waals surface area (Å²) in [6.45, 7) is 2.17. The zero-order valence-corrected chi connectivity index (χ0v) is 10.2. The quantitative estimate of drug-likeness (QED) is 0.837. The van der Waals surface area contributed by atoms with Gasteiger partial charge in [0, 0.05) is 10.6 Å². The number of benzene rings is 1. The van der Waals surface area contributed by atoms with E-state index < -0.39 is 5.54 Å². The highest BCUT2D eigenvalue weighted by molar-refractivity contribution is 6.31. The molecule has 1 aliphatic rings. The first-order chi connectivity index (χ1) is 7.55. The van der Waals surface area contributed by atoms with E-state index in [1.54, 1.807) is 6.07 Å². The Hall–Kier alpha value is -0.600. The molecule has 0 aliphatic heterocycles. The Bertz CT molecular complexity index is 394. The topological polar surface area (TPSA) is 26.0 Å². The first-order valence-corrected chi connectivity index (χ1v) is 6.17. The average molecular weight is 242 g/mol. The van der Waals surface area contributed by atoms with Crippen molar-refractivity contribution in [2.24, 2.45) is 11.7 Å². The highest BCUT2D eigenvalue weighted by Gasteiger charge is 2.37. The second kappa shape index (κ2) is 4.34. The summed E-state index contributed by atoms with van der Waals surface area (Å²) in [6, 6.07) is 4.46. The van der Waals surface area contributed by atoms with Gasteiger partial charge in [0.25, 0.3) is 0 Å². The Kier molecular flexibility index (Phi) is 3.22. The van der Waals surface area contributed by atoms with Crippen molar-refractivity contribution in [3.8, 4) is 0 Å². The van der Waals surface area contributed by atoms with Crippen molar-refractivity contribution in [2.75, 3.05) is 0 Å². The van der Waals surface area contributed by atoms with E-state index in [9.17, 15) is 4.39 Å². The molecule has 0 spiro atoms. The molecule has 1 fully saturated rings. The van der Waals surface area contributed by atoms with Gasteiger partial charge in [0.2, 0.25) is 0 Å². The summed E-state index contributed by atoms with van der Waals surface area (Å²) in [5.74, 6) is 0.383. The molecule has 1 aromatic rings. The van der Waals surface area contributed by atoms with Gasteiger partial charge in [-0.1, -0.05) is 24.9 Å². The minimum atomic E-state index is -0.431. The molecule has 2 rings (SSSR count). The normalized spacial score (nSPS) is 29.6. The molecule has 2 unspecified atom stereocenters. The molecule has 0 saturated heterocycles. The molecular weight excluding hydrogens is 225 g/mol. The number of halogens is 2. The van der Waals surface area contributed by atoms with Gasteiger partial charge in [-0.15, -0.1) is 0 Å². The first kappa shape index (κ1) is 11.9. The number of hydrogen-bond acceptors (Lipinski definition) is 1. The second-order valence-electron chi connectivity index (χ2n) is 4.80. The fraction of sp³-hybridized carbons (Fsp3) is 0.538. The SMILES string of the molecule is CCC1CCC(N)(c2cc(F)ccc2Cl)C1. The monoisotopic (exact) mass is 241 g/mol. The third-order valence-corrected chi connectivity index (χ3v) is 4.02. The smallest absolute Gasteiger partial charge is 0.123 e.